The minimum Gasteiger partial charge on any atom is -0.508 e. The summed E-state index contributed by atoms with van der Waals surface area (Å²) in [6.45, 7) is 3.69. The van der Waals surface area contributed by atoms with Crippen LogP contribution in [-0.2, 0) is 0 Å². The molecule has 0 atom stereocenters. The van der Waals surface area contributed by atoms with Crippen LogP contribution in [0.1, 0.15) is 11.1 Å². The fourth-order valence-electron chi connectivity index (χ4n) is 1.79. The van der Waals surface area contributed by atoms with Gasteiger partial charge in [0.05, 0.1) is 0 Å². The molecular formula is C14H12N4O2. The van der Waals surface area contributed by atoms with Gasteiger partial charge in [0.1, 0.15) is 5.75 Å². The Balaban J connectivity index is 2.02. The molecule has 0 aliphatic rings. The van der Waals surface area contributed by atoms with E-state index in [0.29, 0.717) is 28.7 Å². The second-order valence-corrected chi connectivity index (χ2v) is 4.46. The summed E-state index contributed by atoms with van der Waals surface area (Å²) >= 11 is 0. The van der Waals surface area contributed by atoms with Crippen molar-refractivity contribution in [2.75, 3.05) is 0 Å². The summed E-state index contributed by atoms with van der Waals surface area (Å²) in [5.74, 6) is 1.25. The molecule has 2 aromatic heterocycles. The van der Waals surface area contributed by atoms with Crippen molar-refractivity contribution >= 4 is 0 Å². The maximum Gasteiger partial charge on any atom is 0.258 e. The molecule has 0 amide bonds. The average molecular weight is 268 g/mol. The predicted molar refractivity (Wildman–Crippen MR) is 71.9 cm³/mol. The van der Waals surface area contributed by atoms with Crippen LogP contribution in [0.25, 0.3) is 23.1 Å². The first-order valence-corrected chi connectivity index (χ1v) is 6.07. The lowest BCUT2D eigenvalue weighted by molar-refractivity contribution is 0.430. The molecule has 0 unspecified atom stereocenters. The molecule has 20 heavy (non-hydrogen) atoms. The molecule has 3 rings (SSSR count). The number of phenols is 1. The molecule has 6 heteroatoms. The molecular weight excluding hydrogens is 256 g/mol. The highest BCUT2D eigenvalue weighted by Gasteiger charge is 2.15. The number of benzene rings is 1. The Kier molecular flexibility index (Phi) is 2.90. The van der Waals surface area contributed by atoms with Gasteiger partial charge in [-0.1, -0.05) is 11.2 Å². The molecule has 3 aromatic rings. The van der Waals surface area contributed by atoms with Crippen LogP contribution in [0.15, 0.2) is 35.1 Å². The van der Waals surface area contributed by atoms with Crippen LogP contribution in [0.3, 0.4) is 0 Å². The number of aryl methyl sites for hydroxylation is 1. The van der Waals surface area contributed by atoms with E-state index in [1.54, 1.807) is 31.5 Å². The van der Waals surface area contributed by atoms with Crippen molar-refractivity contribution in [3.8, 4) is 28.9 Å². The smallest absolute Gasteiger partial charge is 0.258 e. The summed E-state index contributed by atoms with van der Waals surface area (Å²) < 4.78 is 5.22. The van der Waals surface area contributed by atoms with E-state index in [1.165, 1.54) is 0 Å². The van der Waals surface area contributed by atoms with Crippen molar-refractivity contribution in [3.63, 3.8) is 0 Å². The van der Waals surface area contributed by atoms with Crippen molar-refractivity contribution in [3.05, 3.63) is 41.7 Å². The van der Waals surface area contributed by atoms with Crippen molar-refractivity contribution in [2.45, 2.75) is 13.8 Å². The second-order valence-electron chi connectivity index (χ2n) is 4.46. The van der Waals surface area contributed by atoms with Crippen LogP contribution in [0.2, 0.25) is 0 Å². The maximum atomic E-state index is 9.70. The van der Waals surface area contributed by atoms with Crippen molar-refractivity contribution in [1.82, 2.24) is 20.1 Å². The molecule has 6 nitrogen and oxygen atoms in total. The summed E-state index contributed by atoms with van der Waals surface area (Å²) in [4.78, 5) is 12.6. The molecule has 0 fully saturated rings. The lowest BCUT2D eigenvalue weighted by Crippen LogP contribution is -1.91. The molecule has 0 saturated heterocycles. The van der Waals surface area contributed by atoms with Crippen LogP contribution in [0.4, 0.5) is 0 Å². The van der Waals surface area contributed by atoms with E-state index >= 15 is 0 Å². The van der Waals surface area contributed by atoms with Crippen LogP contribution >= 0.6 is 0 Å². The third-order valence-electron chi connectivity index (χ3n) is 2.94. The summed E-state index contributed by atoms with van der Waals surface area (Å²) in [5, 5.41) is 13.6. The zero-order chi connectivity index (χ0) is 14.1. The molecule has 0 saturated carbocycles. The minimum absolute atomic E-state index is 0.189. The average Bonchev–Trinajstić information content (AvgIpc) is 2.92. The molecule has 0 aliphatic heterocycles. The van der Waals surface area contributed by atoms with Gasteiger partial charge in [-0.25, -0.2) is 9.97 Å². The van der Waals surface area contributed by atoms with E-state index in [1.807, 2.05) is 13.0 Å². The zero-order valence-electron chi connectivity index (χ0n) is 11.0. The van der Waals surface area contributed by atoms with Gasteiger partial charge >= 0.3 is 0 Å². The quantitative estimate of drug-likeness (QED) is 0.768. The number of aromatic nitrogens is 4. The molecule has 100 valence electrons. The molecule has 0 aliphatic carbocycles. The Labute approximate surface area is 115 Å². The fraction of sp³-hybridized carbons (Fsp3) is 0.143. The summed E-state index contributed by atoms with van der Waals surface area (Å²) in [5.41, 5.74) is 2.34. The zero-order valence-corrected chi connectivity index (χ0v) is 11.0. The van der Waals surface area contributed by atoms with Gasteiger partial charge in [-0.15, -0.1) is 0 Å². The summed E-state index contributed by atoms with van der Waals surface area (Å²) in [6.07, 6.45) is 3.38. The highest BCUT2D eigenvalue weighted by Crippen LogP contribution is 2.28. The first-order chi connectivity index (χ1) is 9.65. The number of phenolic OH excluding ortho intramolecular Hbond substituents is 1. The molecule has 0 bridgehead atoms. The maximum absolute atomic E-state index is 9.70. The van der Waals surface area contributed by atoms with Gasteiger partial charge in [0.25, 0.3) is 5.89 Å². The lowest BCUT2D eigenvalue weighted by atomic mass is 10.1. The highest BCUT2D eigenvalue weighted by molar-refractivity contribution is 5.63. The van der Waals surface area contributed by atoms with Crippen LogP contribution in [0.5, 0.6) is 5.75 Å². The largest absolute Gasteiger partial charge is 0.508 e. The molecule has 0 radical (unpaired) electrons. The van der Waals surface area contributed by atoms with Gasteiger partial charge in [0.2, 0.25) is 11.6 Å². The molecule has 0 spiro atoms. The van der Waals surface area contributed by atoms with E-state index in [4.69, 9.17) is 4.52 Å². The SMILES string of the molecule is Cc1cnc(-c2noc(-c3cccc(O)c3C)n2)nc1. The Morgan fingerprint density at radius 1 is 1.05 bits per heavy atom. The van der Waals surface area contributed by atoms with Gasteiger partial charge in [0.15, 0.2) is 0 Å². The van der Waals surface area contributed by atoms with Gasteiger partial charge in [0, 0.05) is 23.5 Å². The van der Waals surface area contributed by atoms with Gasteiger partial charge in [-0.2, -0.15) is 4.98 Å². The number of nitrogens with zero attached hydrogens (tertiary/aromatic N) is 4. The number of hydrogen-bond acceptors (Lipinski definition) is 6. The monoisotopic (exact) mass is 268 g/mol. The van der Waals surface area contributed by atoms with E-state index < -0.39 is 0 Å². The van der Waals surface area contributed by atoms with Gasteiger partial charge in [-0.05, 0) is 31.5 Å². The van der Waals surface area contributed by atoms with E-state index in [9.17, 15) is 5.11 Å². The standard InChI is InChI=1S/C14H12N4O2/c1-8-6-15-12(16-7-8)13-17-14(20-18-13)10-4-3-5-11(19)9(10)2/h3-7,19H,1-2H3. The second kappa shape index (κ2) is 4.73. The Hall–Kier alpha value is -2.76. The lowest BCUT2D eigenvalue weighted by Gasteiger charge is -2.01. The van der Waals surface area contributed by atoms with Gasteiger partial charge < -0.3 is 9.63 Å². The number of hydrogen-bond donors (Lipinski definition) is 1. The van der Waals surface area contributed by atoms with Crippen LogP contribution in [-0.4, -0.2) is 25.2 Å². The first-order valence-electron chi connectivity index (χ1n) is 6.07. The molecule has 1 N–H and O–H groups in total. The van der Waals surface area contributed by atoms with Crippen molar-refractivity contribution < 1.29 is 9.63 Å². The normalized spacial score (nSPS) is 10.7. The Bertz CT molecular complexity index is 750. The summed E-state index contributed by atoms with van der Waals surface area (Å²) in [7, 11) is 0. The van der Waals surface area contributed by atoms with Crippen molar-refractivity contribution in [2.24, 2.45) is 0 Å². The third-order valence-corrected chi connectivity index (χ3v) is 2.94. The van der Waals surface area contributed by atoms with Crippen LogP contribution < -0.4 is 0 Å². The fourth-order valence-corrected chi connectivity index (χ4v) is 1.79. The number of rotatable bonds is 2. The molecule has 2 heterocycles. The minimum atomic E-state index is 0.189. The number of aromatic hydroxyl groups is 1. The Morgan fingerprint density at radius 3 is 2.55 bits per heavy atom. The van der Waals surface area contributed by atoms with Crippen molar-refractivity contribution in [1.29, 1.82) is 0 Å². The van der Waals surface area contributed by atoms with Gasteiger partial charge in [-0.3, -0.25) is 0 Å². The first kappa shape index (κ1) is 12.3. The highest BCUT2D eigenvalue weighted by atomic mass is 16.5. The molecule has 1 aromatic carbocycles. The van der Waals surface area contributed by atoms with E-state index in [2.05, 4.69) is 20.1 Å². The van der Waals surface area contributed by atoms with E-state index in [-0.39, 0.29) is 5.75 Å². The van der Waals surface area contributed by atoms with Crippen LogP contribution in [0, 0.1) is 13.8 Å². The van der Waals surface area contributed by atoms with E-state index in [0.717, 1.165) is 5.56 Å². The summed E-state index contributed by atoms with van der Waals surface area (Å²) in [6, 6.07) is 5.14. The third kappa shape index (κ3) is 2.11. The predicted octanol–water partition coefficient (Wildman–Crippen LogP) is 2.52. The Morgan fingerprint density at radius 2 is 1.80 bits per heavy atom. The topological polar surface area (TPSA) is 84.9 Å².